The summed E-state index contributed by atoms with van der Waals surface area (Å²) in [6, 6.07) is 17.0. The minimum absolute atomic E-state index is 0.0326. The Hall–Kier alpha value is -3.34. The van der Waals surface area contributed by atoms with Crippen LogP contribution in [0.2, 0.25) is 0 Å². The highest BCUT2D eigenvalue weighted by atomic mass is 16.3. The highest BCUT2D eigenvalue weighted by Gasteiger charge is 2.22. The summed E-state index contributed by atoms with van der Waals surface area (Å²) in [6.45, 7) is 4.83. The number of nitrogens with zero attached hydrogens (tertiary/aromatic N) is 1. The molecule has 0 fully saturated rings. The van der Waals surface area contributed by atoms with Crippen LogP contribution in [0.5, 0.6) is 0 Å². The summed E-state index contributed by atoms with van der Waals surface area (Å²) in [6.07, 6.45) is 0.808. The molecule has 1 aromatic heterocycles. The van der Waals surface area contributed by atoms with E-state index in [1.807, 2.05) is 60.4 Å². The van der Waals surface area contributed by atoms with E-state index in [-0.39, 0.29) is 11.8 Å². The summed E-state index contributed by atoms with van der Waals surface area (Å²) in [7, 11) is 0. The topological polar surface area (TPSA) is 62.6 Å². The van der Waals surface area contributed by atoms with E-state index >= 15 is 0 Å². The van der Waals surface area contributed by atoms with E-state index in [4.69, 9.17) is 4.42 Å². The number of nitrogens with one attached hydrogen (secondary N) is 1. The molecule has 0 atom stereocenters. The summed E-state index contributed by atoms with van der Waals surface area (Å²) >= 11 is 0. The van der Waals surface area contributed by atoms with Crippen LogP contribution in [0.15, 0.2) is 59.0 Å². The van der Waals surface area contributed by atoms with Crippen LogP contribution in [0.1, 0.15) is 43.4 Å². The van der Waals surface area contributed by atoms with Crippen LogP contribution in [-0.4, -0.2) is 23.3 Å². The zero-order chi connectivity index (χ0) is 19.7. The smallest absolute Gasteiger partial charge is 0.259 e. The Morgan fingerprint density at radius 2 is 1.79 bits per heavy atom. The normalized spacial score (nSPS) is 13.1. The highest BCUT2D eigenvalue weighted by Crippen LogP contribution is 2.25. The third-order valence-corrected chi connectivity index (χ3v) is 5.07. The number of aryl methyl sites for hydroxylation is 2. The predicted molar refractivity (Wildman–Crippen MR) is 107 cm³/mol. The third kappa shape index (κ3) is 3.56. The van der Waals surface area contributed by atoms with Crippen molar-refractivity contribution in [1.29, 1.82) is 0 Å². The van der Waals surface area contributed by atoms with E-state index in [0.717, 1.165) is 17.7 Å². The molecule has 0 spiro atoms. The molecule has 2 heterocycles. The molecule has 1 aliphatic rings. The van der Waals surface area contributed by atoms with E-state index in [9.17, 15) is 9.59 Å². The maximum atomic E-state index is 12.7. The molecular weight excluding hydrogens is 352 g/mol. The molecule has 3 aromatic rings. The molecule has 5 nitrogen and oxygen atoms in total. The Kier molecular flexibility index (Phi) is 4.74. The van der Waals surface area contributed by atoms with Crippen LogP contribution >= 0.6 is 0 Å². The van der Waals surface area contributed by atoms with E-state index in [1.165, 1.54) is 5.56 Å². The van der Waals surface area contributed by atoms with Crippen molar-refractivity contribution < 1.29 is 14.0 Å². The second-order valence-corrected chi connectivity index (χ2v) is 7.11. The van der Waals surface area contributed by atoms with Gasteiger partial charge in [-0.1, -0.05) is 24.3 Å². The number of hydrogen-bond acceptors (Lipinski definition) is 3. The van der Waals surface area contributed by atoms with Crippen molar-refractivity contribution in [2.45, 2.75) is 26.8 Å². The van der Waals surface area contributed by atoms with Gasteiger partial charge in [0.15, 0.2) is 0 Å². The lowest BCUT2D eigenvalue weighted by Crippen LogP contribution is -2.36. The van der Waals surface area contributed by atoms with Gasteiger partial charge in [0.25, 0.3) is 11.8 Å². The van der Waals surface area contributed by atoms with Crippen LogP contribution in [0.3, 0.4) is 0 Å². The number of anilines is 1. The molecule has 0 bridgehead atoms. The number of rotatable bonds is 3. The monoisotopic (exact) mass is 374 g/mol. The van der Waals surface area contributed by atoms with Crippen molar-refractivity contribution in [2.24, 2.45) is 0 Å². The van der Waals surface area contributed by atoms with Crippen molar-refractivity contribution in [3.63, 3.8) is 0 Å². The first-order valence-electron chi connectivity index (χ1n) is 9.36. The molecule has 0 radical (unpaired) electrons. The molecule has 28 heavy (non-hydrogen) atoms. The zero-order valence-corrected chi connectivity index (χ0v) is 16.0. The first-order valence-corrected chi connectivity index (χ1v) is 9.36. The molecule has 0 unspecified atom stereocenters. The third-order valence-electron chi connectivity index (χ3n) is 5.07. The molecule has 0 saturated heterocycles. The van der Waals surface area contributed by atoms with E-state index in [0.29, 0.717) is 35.7 Å². The van der Waals surface area contributed by atoms with Crippen LogP contribution in [0.4, 0.5) is 5.69 Å². The first kappa shape index (κ1) is 18.0. The van der Waals surface area contributed by atoms with E-state index in [1.54, 1.807) is 13.0 Å². The molecule has 2 aromatic carbocycles. The largest absolute Gasteiger partial charge is 0.466 e. The van der Waals surface area contributed by atoms with Gasteiger partial charge in [-0.2, -0.15) is 0 Å². The number of hydrogen-bond donors (Lipinski definition) is 1. The molecule has 0 saturated carbocycles. The summed E-state index contributed by atoms with van der Waals surface area (Å²) in [4.78, 5) is 27.1. The fourth-order valence-corrected chi connectivity index (χ4v) is 3.63. The number of furan rings is 1. The van der Waals surface area contributed by atoms with Gasteiger partial charge in [-0.25, -0.2) is 0 Å². The second kappa shape index (κ2) is 7.35. The lowest BCUT2D eigenvalue weighted by molar-refractivity contribution is 0.0734. The zero-order valence-electron chi connectivity index (χ0n) is 16.0. The minimum atomic E-state index is -0.192. The average molecular weight is 374 g/mol. The van der Waals surface area contributed by atoms with Gasteiger partial charge in [0.1, 0.15) is 11.5 Å². The lowest BCUT2D eigenvalue weighted by atomic mass is 9.98. The van der Waals surface area contributed by atoms with Gasteiger partial charge in [-0.3, -0.25) is 9.59 Å². The van der Waals surface area contributed by atoms with Crippen molar-refractivity contribution in [3.8, 4) is 0 Å². The van der Waals surface area contributed by atoms with Gasteiger partial charge in [0.2, 0.25) is 0 Å². The molecule has 142 valence electrons. The number of benzene rings is 2. The Bertz CT molecular complexity index is 1040. The fraction of sp³-hybridized carbons (Fsp3) is 0.217. The van der Waals surface area contributed by atoms with Gasteiger partial charge in [0, 0.05) is 24.3 Å². The molecule has 4 rings (SSSR count). The number of fused-ring (bicyclic) bond motifs is 1. The quantitative estimate of drug-likeness (QED) is 0.741. The van der Waals surface area contributed by atoms with Gasteiger partial charge < -0.3 is 14.6 Å². The maximum absolute atomic E-state index is 12.7. The SMILES string of the molecule is Cc1cc(C(=O)Nc2ccc3c(c2)CN(C(=O)c2ccccc2)CC3)c(C)o1. The maximum Gasteiger partial charge on any atom is 0.259 e. The molecule has 1 N–H and O–H groups in total. The van der Waals surface area contributed by atoms with Gasteiger partial charge in [-0.05, 0) is 61.7 Å². The molecule has 1 aliphatic heterocycles. The summed E-state index contributed by atoms with van der Waals surface area (Å²) in [5, 5.41) is 2.94. The van der Waals surface area contributed by atoms with E-state index in [2.05, 4.69) is 5.32 Å². The van der Waals surface area contributed by atoms with Crippen molar-refractivity contribution in [2.75, 3.05) is 11.9 Å². The van der Waals surface area contributed by atoms with E-state index < -0.39 is 0 Å². The fourth-order valence-electron chi connectivity index (χ4n) is 3.63. The van der Waals surface area contributed by atoms with Gasteiger partial charge in [-0.15, -0.1) is 0 Å². The van der Waals surface area contributed by atoms with Crippen LogP contribution < -0.4 is 5.32 Å². The van der Waals surface area contributed by atoms with Crippen LogP contribution in [0.25, 0.3) is 0 Å². The number of amides is 2. The van der Waals surface area contributed by atoms with Crippen molar-refractivity contribution in [1.82, 2.24) is 4.90 Å². The van der Waals surface area contributed by atoms with Gasteiger partial charge in [0.05, 0.1) is 5.56 Å². The number of carbonyl (C=O) groups excluding carboxylic acids is 2. The molecule has 2 amide bonds. The summed E-state index contributed by atoms with van der Waals surface area (Å²) in [5.41, 5.74) is 4.23. The van der Waals surface area contributed by atoms with Crippen LogP contribution in [-0.2, 0) is 13.0 Å². The second-order valence-electron chi connectivity index (χ2n) is 7.11. The Morgan fingerprint density at radius 1 is 1.00 bits per heavy atom. The van der Waals surface area contributed by atoms with Crippen molar-refractivity contribution >= 4 is 17.5 Å². The summed E-state index contributed by atoms with van der Waals surface area (Å²) in [5.74, 6) is 1.16. The van der Waals surface area contributed by atoms with Gasteiger partial charge >= 0.3 is 0 Å². The molecule has 0 aliphatic carbocycles. The highest BCUT2D eigenvalue weighted by molar-refractivity contribution is 6.05. The summed E-state index contributed by atoms with van der Waals surface area (Å²) < 4.78 is 5.44. The minimum Gasteiger partial charge on any atom is -0.466 e. The lowest BCUT2D eigenvalue weighted by Gasteiger charge is -2.29. The first-order chi connectivity index (χ1) is 13.5. The average Bonchev–Trinajstić information content (AvgIpc) is 3.05. The Balaban J connectivity index is 1.51. The number of carbonyl (C=O) groups is 2. The Labute approximate surface area is 164 Å². The standard InChI is InChI=1S/C23H22N2O3/c1-15-12-21(16(2)28-15)22(26)24-20-9-8-17-10-11-25(14-19(17)13-20)23(27)18-6-4-3-5-7-18/h3-9,12-13H,10-11,14H2,1-2H3,(H,24,26). The van der Waals surface area contributed by atoms with Crippen LogP contribution in [0, 0.1) is 13.8 Å². The van der Waals surface area contributed by atoms with Crippen molar-refractivity contribution in [3.05, 3.63) is 88.4 Å². The predicted octanol–water partition coefficient (Wildman–Crippen LogP) is 4.35. The Morgan fingerprint density at radius 3 is 2.50 bits per heavy atom. The molecule has 5 heteroatoms. The molecular formula is C23H22N2O3.